The van der Waals surface area contributed by atoms with E-state index in [1.807, 2.05) is 18.2 Å². The first kappa shape index (κ1) is 21.2. The summed E-state index contributed by atoms with van der Waals surface area (Å²) in [5, 5.41) is 3.76. The monoisotopic (exact) mass is 513 g/mol. The largest absolute Gasteiger partial charge is 0.457 e. The minimum Gasteiger partial charge on any atom is -0.457 e. The van der Waals surface area contributed by atoms with Gasteiger partial charge in [0.2, 0.25) is 0 Å². The van der Waals surface area contributed by atoms with Gasteiger partial charge in [-0.15, -0.1) is 0 Å². The Morgan fingerprint density at radius 3 is 2.67 bits per heavy atom. The Hall–Kier alpha value is -3.66. The lowest BCUT2D eigenvalue weighted by atomic mass is 10.1. The molecule has 0 aliphatic carbocycles. The predicted octanol–water partition coefficient (Wildman–Crippen LogP) is 7.12. The number of benzene rings is 3. The van der Waals surface area contributed by atoms with Crippen LogP contribution in [-0.4, -0.2) is 19.5 Å². The summed E-state index contributed by atoms with van der Waals surface area (Å²) in [4.78, 5) is 12.4. The Labute approximate surface area is 194 Å². The minimum atomic E-state index is -2.69. The Morgan fingerprint density at radius 2 is 1.85 bits per heavy atom. The van der Waals surface area contributed by atoms with Gasteiger partial charge in [0.15, 0.2) is 5.82 Å². The molecular weight excluding hydrogens is 499 g/mol. The van der Waals surface area contributed by atoms with E-state index in [-0.39, 0.29) is 16.8 Å². The van der Waals surface area contributed by atoms with Crippen LogP contribution in [0.15, 0.2) is 65.7 Å². The molecule has 0 amide bonds. The van der Waals surface area contributed by atoms with Crippen LogP contribution in [0.3, 0.4) is 0 Å². The molecule has 33 heavy (non-hydrogen) atoms. The topological polar surface area (TPSA) is 64.9 Å². The number of rotatable bonds is 5. The molecule has 0 saturated heterocycles. The molecule has 1 N–H and O–H groups in total. The van der Waals surface area contributed by atoms with E-state index < -0.39 is 12.4 Å². The van der Waals surface area contributed by atoms with Gasteiger partial charge in [-0.05, 0) is 49.4 Å². The summed E-state index contributed by atoms with van der Waals surface area (Å²) in [6.45, 7) is -1.10. The fourth-order valence-corrected chi connectivity index (χ4v) is 3.85. The van der Waals surface area contributed by atoms with E-state index in [9.17, 15) is 8.78 Å². The molecule has 2 aromatic heterocycles. The van der Waals surface area contributed by atoms with Gasteiger partial charge in [0.05, 0.1) is 22.2 Å². The van der Waals surface area contributed by atoms with Crippen LogP contribution < -0.4 is 10.1 Å². The maximum absolute atomic E-state index is 15.2. The van der Waals surface area contributed by atoms with Gasteiger partial charge in [-0.25, -0.2) is 19.3 Å². The number of imidazole rings is 1. The number of hydrogen-bond donors (Lipinski definition) is 1. The molecule has 6 nitrogen and oxygen atoms in total. The zero-order valence-electron chi connectivity index (χ0n) is 17.1. The highest BCUT2D eigenvalue weighted by atomic mass is 79.9. The van der Waals surface area contributed by atoms with Crippen LogP contribution in [0, 0.1) is 12.7 Å². The second-order valence-electron chi connectivity index (χ2n) is 7.24. The van der Waals surface area contributed by atoms with Crippen LogP contribution in [0.25, 0.3) is 21.9 Å². The molecule has 0 aliphatic rings. The van der Waals surface area contributed by atoms with E-state index in [1.54, 1.807) is 19.1 Å². The average molecular weight is 514 g/mol. The van der Waals surface area contributed by atoms with Crippen LogP contribution in [0.2, 0.25) is 0 Å². The molecule has 0 fully saturated rings. The van der Waals surface area contributed by atoms with Gasteiger partial charge in [-0.2, -0.15) is 8.78 Å². The van der Waals surface area contributed by atoms with Crippen molar-refractivity contribution in [2.75, 3.05) is 5.32 Å². The molecule has 0 aliphatic heterocycles. The summed E-state index contributed by atoms with van der Waals surface area (Å²) < 4.78 is 48.6. The average Bonchev–Trinajstić information content (AvgIpc) is 3.23. The van der Waals surface area contributed by atoms with Crippen LogP contribution >= 0.6 is 15.9 Å². The van der Waals surface area contributed by atoms with Gasteiger partial charge in [0, 0.05) is 21.5 Å². The summed E-state index contributed by atoms with van der Waals surface area (Å²) in [5.74, 6) is 0.614. The number of nitrogens with one attached hydrogen (secondary N) is 1. The first-order valence-electron chi connectivity index (χ1n) is 9.79. The zero-order valence-corrected chi connectivity index (χ0v) is 18.6. The van der Waals surface area contributed by atoms with E-state index in [1.165, 1.54) is 24.5 Å². The predicted molar refractivity (Wildman–Crippen MR) is 123 cm³/mol. The van der Waals surface area contributed by atoms with Crippen LogP contribution in [-0.2, 0) is 0 Å². The lowest BCUT2D eigenvalue weighted by molar-refractivity contribution is 0.0746. The standard InChI is InChI=1S/C23H15BrF3N5O/c1-12-20(33-14-3-6-19-18(9-14)30-11-32(19)23(26)27)7-5-17(21(12)25)31-22-15-8-13(24)2-4-16(15)28-10-29-22/h2-11,23H,1H3,(H,28,29,31). The number of alkyl halides is 2. The second kappa shape index (κ2) is 8.36. The number of hydrogen-bond acceptors (Lipinski definition) is 5. The van der Waals surface area contributed by atoms with Gasteiger partial charge in [-0.3, -0.25) is 4.57 Å². The van der Waals surface area contributed by atoms with Gasteiger partial charge in [0.25, 0.3) is 0 Å². The van der Waals surface area contributed by atoms with Crippen LogP contribution in [0.1, 0.15) is 12.1 Å². The molecule has 5 aromatic rings. The molecule has 2 heterocycles. The molecular formula is C23H15BrF3N5O. The second-order valence-corrected chi connectivity index (χ2v) is 8.16. The van der Waals surface area contributed by atoms with Crippen LogP contribution in [0.5, 0.6) is 11.5 Å². The van der Waals surface area contributed by atoms with E-state index in [0.717, 1.165) is 26.3 Å². The molecule has 0 radical (unpaired) electrons. The highest BCUT2D eigenvalue weighted by Crippen LogP contribution is 2.34. The third-order valence-electron chi connectivity index (χ3n) is 5.17. The van der Waals surface area contributed by atoms with Gasteiger partial charge in [-0.1, -0.05) is 15.9 Å². The maximum atomic E-state index is 15.2. The smallest absolute Gasteiger partial charge is 0.320 e. The molecule has 166 valence electrons. The Balaban J connectivity index is 1.44. The van der Waals surface area contributed by atoms with Crippen molar-refractivity contribution in [1.82, 2.24) is 19.5 Å². The maximum Gasteiger partial charge on any atom is 0.320 e. The zero-order chi connectivity index (χ0) is 23.1. The van der Waals surface area contributed by atoms with Crippen molar-refractivity contribution in [3.63, 3.8) is 0 Å². The van der Waals surface area contributed by atoms with E-state index >= 15 is 4.39 Å². The summed E-state index contributed by atoms with van der Waals surface area (Å²) in [5.41, 5.74) is 1.86. The normalized spacial score (nSPS) is 11.5. The van der Waals surface area contributed by atoms with Crippen molar-refractivity contribution in [2.45, 2.75) is 13.5 Å². The third kappa shape index (κ3) is 3.97. The number of halogens is 4. The van der Waals surface area contributed by atoms with E-state index in [2.05, 4.69) is 36.2 Å². The van der Waals surface area contributed by atoms with E-state index in [4.69, 9.17) is 4.74 Å². The van der Waals surface area contributed by atoms with Crippen molar-refractivity contribution in [3.8, 4) is 11.5 Å². The lowest BCUT2D eigenvalue weighted by Gasteiger charge is -2.14. The highest BCUT2D eigenvalue weighted by Gasteiger charge is 2.15. The van der Waals surface area contributed by atoms with Crippen molar-refractivity contribution in [2.24, 2.45) is 0 Å². The summed E-state index contributed by atoms with van der Waals surface area (Å²) >= 11 is 3.43. The Kier molecular flexibility index (Phi) is 5.37. The first-order valence-corrected chi connectivity index (χ1v) is 10.6. The van der Waals surface area contributed by atoms with Crippen molar-refractivity contribution < 1.29 is 17.9 Å². The Bertz CT molecular complexity index is 1510. The SMILES string of the molecule is Cc1c(Oc2ccc3c(c2)ncn3C(F)F)ccc(Nc2ncnc3ccc(Br)cc23)c1F. The quantitative estimate of drug-likeness (QED) is 0.271. The third-order valence-corrected chi connectivity index (χ3v) is 5.66. The molecule has 5 rings (SSSR count). The number of fused-ring (bicyclic) bond motifs is 2. The summed E-state index contributed by atoms with van der Waals surface area (Å²) in [7, 11) is 0. The number of ether oxygens (including phenoxy) is 1. The number of nitrogens with zero attached hydrogens (tertiary/aromatic N) is 4. The molecule has 3 aromatic carbocycles. The molecule has 10 heteroatoms. The summed E-state index contributed by atoms with van der Waals surface area (Å²) in [6.07, 6.45) is 2.48. The highest BCUT2D eigenvalue weighted by molar-refractivity contribution is 9.10. The fraction of sp³-hybridized carbons (Fsp3) is 0.0870. The molecule has 0 atom stereocenters. The van der Waals surface area contributed by atoms with Gasteiger partial charge >= 0.3 is 6.55 Å². The first-order chi connectivity index (χ1) is 15.9. The molecule has 0 unspecified atom stereocenters. The number of aromatic nitrogens is 4. The van der Waals surface area contributed by atoms with E-state index in [0.29, 0.717) is 22.8 Å². The van der Waals surface area contributed by atoms with Crippen molar-refractivity contribution in [1.29, 1.82) is 0 Å². The van der Waals surface area contributed by atoms with Gasteiger partial charge < -0.3 is 10.1 Å². The molecule has 0 saturated carbocycles. The fourth-order valence-electron chi connectivity index (χ4n) is 3.49. The number of anilines is 2. The Morgan fingerprint density at radius 1 is 1.00 bits per heavy atom. The summed E-state index contributed by atoms with van der Waals surface area (Å²) in [6, 6.07) is 13.3. The lowest BCUT2D eigenvalue weighted by Crippen LogP contribution is -2.01. The van der Waals surface area contributed by atoms with Crippen molar-refractivity contribution >= 4 is 49.4 Å². The van der Waals surface area contributed by atoms with Crippen LogP contribution in [0.4, 0.5) is 24.7 Å². The van der Waals surface area contributed by atoms with Crippen molar-refractivity contribution in [3.05, 3.63) is 77.0 Å². The van der Waals surface area contributed by atoms with Gasteiger partial charge in [0.1, 0.15) is 30.0 Å². The molecule has 0 spiro atoms. The minimum absolute atomic E-state index is 0.228. The molecule has 0 bridgehead atoms.